The van der Waals surface area contributed by atoms with E-state index in [-0.39, 0.29) is 30.1 Å². The molecule has 0 radical (unpaired) electrons. The third-order valence-electron chi connectivity index (χ3n) is 6.91. The number of fused-ring (bicyclic) bond motifs is 1. The largest absolute Gasteiger partial charge is 0.508 e. The molecule has 182 valence electrons. The number of phenols is 1. The summed E-state index contributed by atoms with van der Waals surface area (Å²) in [6.45, 7) is 5.01. The number of hydrogen-bond donors (Lipinski definition) is 2. The van der Waals surface area contributed by atoms with Gasteiger partial charge < -0.3 is 19.9 Å². The van der Waals surface area contributed by atoms with Crippen LogP contribution < -0.4 is 5.32 Å². The molecule has 0 spiro atoms. The van der Waals surface area contributed by atoms with Gasteiger partial charge in [-0.25, -0.2) is 0 Å². The molecule has 0 atom stereocenters. The lowest BCUT2D eigenvalue weighted by molar-refractivity contribution is 0.0912. The number of likely N-dealkylation sites (tertiary alicyclic amines) is 1. The van der Waals surface area contributed by atoms with Crippen molar-refractivity contribution in [1.82, 2.24) is 14.8 Å². The summed E-state index contributed by atoms with van der Waals surface area (Å²) in [5.41, 5.74) is 4.81. The standard InChI is InChI=1S/C29H31N3O2.ClH/c1-21-28(26-20-25(33)12-13-27(26)32(21)24-10-6-3-7-11-24)29(34)30-23-15-18-31(19-16-23)17-14-22-8-4-2-5-9-22;/h2-13,20,23,33H,14-19H2,1H3,(H,30,34);1H. The summed E-state index contributed by atoms with van der Waals surface area (Å²) in [5, 5.41) is 14.2. The first-order valence-corrected chi connectivity index (χ1v) is 12.1. The second kappa shape index (κ2) is 11.0. The monoisotopic (exact) mass is 489 g/mol. The lowest BCUT2D eigenvalue weighted by atomic mass is 10.0. The molecule has 0 aliphatic carbocycles. The molecule has 1 aromatic heterocycles. The van der Waals surface area contributed by atoms with E-state index in [1.165, 1.54) is 5.56 Å². The Morgan fingerprint density at radius 2 is 1.63 bits per heavy atom. The lowest BCUT2D eigenvalue weighted by Gasteiger charge is -2.32. The van der Waals surface area contributed by atoms with Gasteiger partial charge in [-0.05, 0) is 62.1 Å². The van der Waals surface area contributed by atoms with Crippen LogP contribution in [0.2, 0.25) is 0 Å². The van der Waals surface area contributed by atoms with Crippen LogP contribution in [0.15, 0.2) is 78.9 Å². The highest BCUT2D eigenvalue weighted by Gasteiger charge is 2.25. The van der Waals surface area contributed by atoms with Crippen LogP contribution in [0.4, 0.5) is 0 Å². The Kier molecular flexibility index (Phi) is 7.79. The minimum Gasteiger partial charge on any atom is -0.508 e. The van der Waals surface area contributed by atoms with Crippen LogP contribution in [-0.2, 0) is 6.42 Å². The highest BCUT2D eigenvalue weighted by molar-refractivity contribution is 6.09. The third-order valence-corrected chi connectivity index (χ3v) is 6.91. The molecule has 35 heavy (non-hydrogen) atoms. The van der Waals surface area contributed by atoms with Crippen LogP contribution in [0, 0.1) is 6.92 Å². The molecule has 6 heteroatoms. The summed E-state index contributed by atoms with van der Waals surface area (Å²) in [6.07, 6.45) is 2.95. The molecule has 5 rings (SSSR count). The minimum atomic E-state index is -0.0643. The summed E-state index contributed by atoms with van der Waals surface area (Å²) in [7, 11) is 0. The molecular formula is C29H32ClN3O2. The van der Waals surface area contributed by atoms with Gasteiger partial charge in [-0.1, -0.05) is 48.5 Å². The molecule has 4 aromatic rings. The Balaban J connectivity index is 0.00000289. The highest BCUT2D eigenvalue weighted by atomic mass is 35.5. The summed E-state index contributed by atoms with van der Waals surface area (Å²) in [5.74, 6) is 0.101. The molecule has 3 aromatic carbocycles. The summed E-state index contributed by atoms with van der Waals surface area (Å²) in [4.78, 5) is 16.0. The molecule has 1 aliphatic heterocycles. The van der Waals surface area contributed by atoms with Gasteiger partial charge in [0.1, 0.15) is 5.75 Å². The molecule has 0 bridgehead atoms. The average molecular weight is 490 g/mol. The number of piperidine rings is 1. The van der Waals surface area contributed by atoms with Crippen molar-refractivity contribution in [2.24, 2.45) is 0 Å². The second-order valence-corrected chi connectivity index (χ2v) is 9.16. The minimum absolute atomic E-state index is 0. The topological polar surface area (TPSA) is 57.5 Å². The molecule has 0 unspecified atom stereocenters. The van der Waals surface area contributed by atoms with Crippen LogP contribution in [0.3, 0.4) is 0 Å². The number of carbonyl (C=O) groups is 1. The highest BCUT2D eigenvalue weighted by Crippen LogP contribution is 2.32. The number of aromatic nitrogens is 1. The van der Waals surface area contributed by atoms with E-state index in [2.05, 4.69) is 45.1 Å². The quantitative estimate of drug-likeness (QED) is 0.376. The first-order valence-electron chi connectivity index (χ1n) is 12.1. The fourth-order valence-corrected chi connectivity index (χ4v) is 5.09. The number of nitrogens with zero attached hydrogens (tertiary/aromatic N) is 2. The van der Waals surface area contributed by atoms with Gasteiger partial charge in [0, 0.05) is 42.4 Å². The predicted molar refractivity (Wildman–Crippen MR) is 144 cm³/mol. The number of amides is 1. The number of phenolic OH excluding ortho intramolecular Hbond substituents is 1. The number of hydrogen-bond acceptors (Lipinski definition) is 3. The molecular weight excluding hydrogens is 458 g/mol. The SMILES string of the molecule is Cc1c(C(=O)NC2CCN(CCc3ccccc3)CC2)c2cc(O)ccc2n1-c1ccccc1.Cl. The zero-order chi connectivity index (χ0) is 23.5. The Morgan fingerprint density at radius 3 is 2.31 bits per heavy atom. The maximum atomic E-state index is 13.5. The molecule has 2 N–H and O–H groups in total. The molecule has 2 heterocycles. The average Bonchev–Trinajstić information content (AvgIpc) is 3.15. The predicted octanol–water partition coefficient (Wildman–Crippen LogP) is 5.50. The van der Waals surface area contributed by atoms with Gasteiger partial charge in [0.2, 0.25) is 0 Å². The van der Waals surface area contributed by atoms with Crippen molar-refractivity contribution in [1.29, 1.82) is 0 Å². The van der Waals surface area contributed by atoms with E-state index in [1.54, 1.807) is 12.1 Å². The number of para-hydroxylation sites is 1. The van der Waals surface area contributed by atoms with Gasteiger partial charge in [-0.2, -0.15) is 0 Å². The van der Waals surface area contributed by atoms with Gasteiger partial charge in [0.15, 0.2) is 0 Å². The Morgan fingerprint density at radius 1 is 0.971 bits per heavy atom. The molecule has 0 saturated carbocycles. The van der Waals surface area contributed by atoms with Crippen LogP contribution in [0.25, 0.3) is 16.6 Å². The molecule has 1 amide bonds. The Labute approximate surface area is 212 Å². The van der Waals surface area contributed by atoms with Crippen molar-refractivity contribution in [2.75, 3.05) is 19.6 Å². The molecule has 1 saturated heterocycles. The van der Waals surface area contributed by atoms with Gasteiger partial charge in [0.25, 0.3) is 5.91 Å². The zero-order valence-electron chi connectivity index (χ0n) is 20.0. The number of carbonyl (C=O) groups excluding carboxylic acids is 1. The van der Waals surface area contributed by atoms with E-state index in [9.17, 15) is 9.90 Å². The number of nitrogens with one attached hydrogen (secondary N) is 1. The second-order valence-electron chi connectivity index (χ2n) is 9.16. The van der Waals surface area contributed by atoms with Crippen molar-refractivity contribution in [2.45, 2.75) is 32.2 Å². The van der Waals surface area contributed by atoms with Gasteiger partial charge in [-0.3, -0.25) is 4.79 Å². The summed E-state index contributed by atoms with van der Waals surface area (Å²) >= 11 is 0. The Hall–Kier alpha value is -3.28. The van der Waals surface area contributed by atoms with E-state index < -0.39 is 0 Å². The van der Waals surface area contributed by atoms with Crippen molar-refractivity contribution >= 4 is 29.2 Å². The fourth-order valence-electron chi connectivity index (χ4n) is 5.09. The van der Waals surface area contributed by atoms with Gasteiger partial charge >= 0.3 is 0 Å². The van der Waals surface area contributed by atoms with Crippen molar-refractivity contribution in [3.05, 3.63) is 95.7 Å². The number of rotatable bonds is 6. The fraction of sp³-hybridized carbons (Fsp3) is 0.276. The van der Waals surface area contributed by atoms with Gasteiger partial charge in [-0.15, -0.1) is 12.4 Å². The zero-order valence-corrected chi connectivity index (χ0v) is 20.8. The van der Waals surface area contributed by atoms with Crippen LogP contribution in [0.5, 0.6) is 5.75 Å². The van der Waals surface area contributed by atoms with E-state index in [0.717, 1.165) is 61.2 Å². The number of halogens is 1. The summed E-state index contributed by atoms with van der Waals surface area (Å²) in [6, 6.07) is 26.0. The first-order chi connectivity index (χ1) is 16.6. The molecule has 5 nitrogen and oxygen atoms in total. The molecule has 1 aliphatic rings. The van der Waals surface area contributed by atoms with Crippen LogP contribution >= 0.6 is 12.4 Å². The van der Waals surface area contributed by atoms with Crippen molar-refractivity contribution in [3.63, 3.8) is 0 Å². The first kappa shape index (κ1) is 24.8. The summed E-state index contributed by atoms with van der Waals surface area (Å²) < 4.78 is 2.09. The third kappa shape index (κ3) is 5.37. The number of benzene rings is 3. The van der Waals surface area contributed by atoms with Crippen molar-refractivity contribution < 1.29 is 9.90 Å². The van der Waals surface area contributed by atoms with Crippen LogP contribution in [-0.4, -0.2) is 46.2 Å². The normalized spacial score (nSPS) is 14.5. The van der Waals surface area contributed by atoms with Crippen LogP contribution in [0.1, 0.15) is 34.5 Å². The molecule has 1 fully saturated rings. The van der Waals surface area contributed by atoms with Gasteiger partial charge in [0.05, 0.1) is 11.1 Å². The number of aromatic hydroxyl groups is 1. The Bertz CT molecular complexity index is 1280. The maximum absolute atomic E-state index is 13.5. The van der Waals surface area contributed by atoms with E-state index in [4.69, 9.17) is 0 Å². The van der Waals surface area contributed by atoms with Crippen molar-refractivity contribution in [3.8, 4) is 11.4 Å². The smallest absolute Gasteiger partial charge is 0.253 e. The van der Waals surface area contributed by atoms with E-state index in [0.29, 0.717) is 5.56 Å². The maximum Gasteiger partial charge on any atom is 0.253 e. The van der Waals surface area contributed by atoms with E-state index in [1.807, 2.05) is 43.3 Å². The lowest BCUT2D eigenvalue weighted by Crippen LogP contribution is -2.45. The van der Waals surface area contributed by atoms with E-state index >= 15 is 0 Å².